The molecule has 26 heavy (non-hydrogen) atoms. The normalized spacial score (nSPS) is 21.3. The van der Waals surface area contributed by atoms with E-state index in [2.05, 4.69) is 32.5 Å². The predicted molar refractivity (Wildman–Crippen MR) is 98.6 cm³/mol. The molecule has 2 heterocycles. The minimum absolute atomic E-state index is 0.0486. The Morgan fingerprint density at radius 2 is 1.88 bits per heavy atom. The number of benzene rings is 1. The molecule has 4 rings (SSSR count). The van der Waals surface area contributed by atoms with Crippen LogP contribution in [0.2, 0.25) is 0 Å². The maximum Gasteiger partial charge on any atom is 0.233 e. The highest BCUT2D eigenvalue weighted by atomic mass is 16.4. The standard InChI is InChI=1S/C20H26N4O2/c1-14(25)21-17-10-8-15(9-11-17)13-24-12-3-2-7-18(24)20-23-22-19(26-20)16-5-4-6-16/h8-11,16,18H,2-7,12-13H2,1H3,(H,21,25)/t18-/m0/s1. The van der Waals surface area contributed by atoms with E-state index in [1.807, 2.05) is 12.1 Å². The molecule has 0 radical (unpaired) electrons. The Hall–Kier alpha value is -2.21. The number of rotatable bonds is 5. The molecule has 138 valence electrons. The SMILES string of the molecule is CC(=O)Nc1ccc(CN2CCCC[C@H]2c2nnc(C3CCC3)o2)cc1. The summed E-state index contributed by atoms with van der Waals surface area (Å²) in [6, 6.07) is 8.27. The van der Waals surface area contributed by atoms with Gasteiger partial charge in [-0.15, -0.1) is 10.2 Å². The number of hydrogen-bond acceptors (Lipinski definition) is 5. The van der Waals surface area contributed by atoms with Crippen molar-refractivity contribution < 1.29 is 9.21 Å². The van der Waals surface area contributed by atoms with E-state index in [0.717, 1.165) is 37.0 Å². The number of amides is 1. The average molecular weight is 354 g/mol. The fraction of sp³-hybridized carbons (Fsp3) is 0.550. The molecule has 2 aliphatic rings. The van der Waals surface area contributed by atoms with Gasteiger partial charge in [0, 0.05) is 25.1 Å². The van der Waals surface area contributed by atoms with Gasteiger partial charge in [0.2, 0.25) is 17.7 Å². The molecule has 1 aromatic heterocycles. The van der Waals surface area contributed by atoms with Crippen molar-refractivity contribution in [3.05, 3.63) is 41.6 Å². The summed E-state index contributed by atoms with van der Waals surface area (Å²) in [7, 11) is 0. The van der Waals surface area contributed by atoms with Crippen molar-refractivity contribution in [2.24, 2.45) is 0 Å². The van der Waals surface area contributed by atoms with Gasteiger partial charge in [0.15, 0.2) is 0 Å². The monoisotopic (exact) mass is 354 g/mol. The second kappa shape index (κ2) is 7.58. The number of anilines is 1. The Bertz CT molecular complexity index is 751. The van der Waals surface area contributed by atoms with Crippen LogP contribution < -0.4 is 5.32 Å². The molecular weight excluding hydrogens is 328 g/mol. The van der Waals surface area contributed by atoms with Gasteiger partial charge in [-0.1, -0.05) is 25.0 Å². The van der Waals surface area contributed by atoms with E-state index < -0.39 is 0 Å². The third-order valence-electron chi connectivity index (χ3n) is 5.47. The maximum absolute atomic E-state index is 11.1. The van der Waals surface area contributed by atoms with E-state index >= 15 is 0 Å². The highest BCUT2D eigenvalue weighted by Gasteiger charge is 2.31. The topological polar surface area (TPSA) is 71.3 Å². The molecule has 1 aliphatic heterocycles. The van der Waals surface area contributed by atoms with Crippen LogP contribution in [-0.2, 0) is 11.3 Å². The first-order valence-electron chi connectivity index (χ1n) is 9.63. The largest absolute Gasteiger partial charge is 0.423 e. The molecule has 1 saturated carbocycles. The lowest BCUT2D eigenvalue weighted by molar-refractivity contribution is -0.114. The van der Waals surface area contributed by atoms with Crippen molar-refractivity contribution in [2.75, 3.05) is 11.9 Å². The van der Waals surface area contributed by atoms with Crippen molar-refractivity contribution in [1.82, 2.24) is 15.1 Å². The van der Waals surface area contributed by atoms with E-state index in [-0.39, 0.29) is 11.9 Å². The summed E-state index contributed by atoms with van der Waals surface area (Å²) in [4.78, 5) is 13.6. The van der Waals surface area contributed by atoms with Gasteiger partial charge in [-0.2, -0.15) is 0 Å². The van der Waals surface area contributed by atoms with Gasteiger partial charge in [-0.25, -0.2) is 0 Å². The van der Waals surface area contributed by atoms with Crippen LogP contribution in [0.4, 0.5) is 5.69 Å². The second-order valence-corrected chi connectivity index (χ2v) is 7.47. The molecule has 0 unspecified atom stereocenters. The van der Waals surface area contributed by atoms with Gasteiger partial charge in [0.25, 0.3) is 0 Å². The third kappa shape index (κ3) is 3.80. The molecule has 0 spiro atoms. The zero-order chi connectivity index (χ0) is 17.9. The number of piperidine rings is 1. The molecule has 6 heteroatoms. The summed E-state index contributed by atoms with van der Waals surface area (Å²) in [5, 5.41) is 11.5. The fourth-order valence-electron chi connectivity index (χ4n) is 3.79. The third-order valence-corrected chi connectivity index (χ3v) is 5.47. The maximum atomic E-state index is 11.1. The van der Waals surface area contributed by atoms with E-state index in [9.17, 15) is 4.79 Å². The Morgan fingerprint density at radius 3 is 2.58 bits per heavy atom. The fourth-order valence-corrected chi connectivity index (χ4v) is 3.79. The summed E-state index contributed by atoms with van der Waals surface area (Å²) in [5.74, 6) is 2.04. The smallest absolute Gasteiger partial charge is 0.233 e. The average Bonchev–Trinajstić information content (AvgIpc) is 3.04. The first-order chi connectivity index (χ1) is 12.7. The predicted octanol–water partition coefficient (Wildman–Crippen LogP) is 4.02. The van der Waals surface area contributed by atoms with Crippen molar-refractivity contribution in [1.29, 1.82) is 0 Å². The van der Waals surface area contributed by atoms with Crippen molar-refractivity contribution >= 4 is 11.6 Å². The van der Waals surface area contributed by atoms with E-state index in [1.54, 1.807) is 0 Å². The summed E-state index contributed by atoms with van der Waals surface area (Å²) < 4.78 is 6.05. The zero-order valence-electron chi connectivity index (χ0n) is 15.3. The number of hydrogen-bond donors (Lipinski definition) is 1. The van der Waals surface area contributed by atoms with E-state index in [0.29, 0.717) is 5.92 Å². The van der Waals surface area contributed by atoms with Crippen molar-refractivity contribution in [3.63, 3.8) is 0 Å². The minimum Gasteiger partial charge on any atom is -0.423 e. The first kappa shape index (κ1) is 17.2. The molecule has 2 aromatic rings. The molecule has 6 nitrogen and oxygen atoms in total. The molecule has 1 aromatic carbocycles. The minimum atomic E-state index is -0.0486. The van der Waals surface area contributed by atoms with Crippen molar-refractivity contribution in [2.45, 2.75) is 64.0 Å². The second-order valence-electron chi connectivity index (χ2n) is 7.47. The Kier molecular flexibility index (Phi) is 5.02. The molecule has 1 N–H and O–H groups in total. The highest BCUT2D eigenvalue weighted by Crippen LogP contribution is 2.38. The zero-order valence-corrected chi connectivity index (χ0v) is 15.3. The summed E-state index contributed by atoms with van der Waals surface area (Å²) in [6.45, 7) is 3.42. The number of likely N-dealkylation sites (tertiary alicyclic amines) is 1. The van der Waals surface area contributed by atoms with Gasteiger partial charge < -0.3 is 9.73 Å². The number of nitrogens with one attached hydrogen (secondary N) is 1. The van der Waals surface area contributed by atoms with Crippen LogP contribution in [-0.4, -0.2) is 27.5 Å². The van der Waals surface area contributed by atoms with Crippen LogP contribution in [0.25, 0.3) is 0 Å². The number of aromatic nitrogens is 2. The Balaban J connectivity index is 1.45. The van der Waals surface area contributed by atoms with Gasteiger partial charge in [0.05, 0.1) is 6.04 Å². The number of nitrogens with zero attached hydrogens (tertiary/aromatic N) is 3. The molecule has 2 fully saturated rings. The molecule has 1 saturated heterocycles. The molecule has 1 atom stereocenters. The number of carbonyl (C=O) groups excluding carboxylic acids is 1. The highest BCUT2D eigenvalue weighted by molar-refractivity contribution is 5.88. The lowest BCUT2D eigenvalue weighted by atomic mass is 9.85. The van der Waals surface area contributed by atoms with Gasteiger partial charge in [-0.05, 0) is 49.9 Å². The van der Waals surface area contributed by atoms with Crippen LogP contribution >= 0.6 is 0 Å². The first-order valence-corrected chi connectivity index (χ1v) is 9.63. The van der Waals surface area contributed by atoms with Crippen LogP contribution in [0.3, 0.4) is 0 Å². The van der Waals surface area contributed by atoms with E-state index in [1.165, 1.54) is 44.6 Å². The Labute approximate surface area is 154 Å². The molecule has 1 amide bonds. The van der Waals surface area contributed by atoms with Crippen LogP contribution in [0, 0.1) is 0 Å². The number of carbonyl (C=O) groups is 1. The van der Waals surface area contributed by atoms with Crippen LogP contribution in [0.1, 0.15) is 74.8 Å². The Morgan fingerprint density at radius 1 is 1.12 bits per heavy atom. The van der Waals surface area contributed by atoms with Crippen LogP contribution in [0.5, 0.6) is 0 Å². The van der Waals surface area contributed by atoms with E-state index in [4.69, 9.17) is 4.42 Å². The van der Waals surface area contributed by atoms with Crippen molar-refractivity contribution in [3.8, 4) is 0 Å². The summed E-state index contributed by atoms with van der Waals surface area (Å²) >= 11 is 0. The molecule has 0 bridgehead atoms. The van der Waals surface area contributed by atoms with Crippen LogP contribution in [0.15, 0.2) is 28.7 Å². The lowest BCUT2D eigenvalue weighted by Crippen LogP contribution is -2.33. The summed E-state index contributed by atoms with van der Waals surface area (Å²) in [5.41, 5.74) is 2.06. The van der Waals surface area contributed by atoms with Gasteiger partial charge in [-0.3, -0.25) is 9.69 Å². The summed E-state index contributed by atoms with van der Waals surface area (Å²) in [6.07, 6.45) is 7.09. The quantitative estimate of drug-likeness (QED) is 0.878. The van der Waals surface area contributed by atoms with Gasteiger partial charge >= 0.3 is 0 Å². The lowest BCUT2D eigenvalue weighted by Gasteiger charge is -2.33. The van der Waals surface area contributed by atoms with Gasteiger partial charge in [0.1, 0.15) is 0 Å². The molecule has 1 aliphatic carbocycles. The molecular formula is C20H26N4O2.